The lowest BCUT2D eigenvalue weighted by molar-refractivity contribution is -0.126. The van der Waals surface area contributed by atoms with Crippen molar-refractivity contribution in [3.63, 3.8) is 0 Å². The molecule has 0 spiro atoms. The second kappa shape index (κ2) is 10.6. The van der Waals surface area contributed by atoms with Crippen molar-refractivity contribution < 1.29 is 15.0 Å². The molecule has 1 aromatic carbocycles. The summed E-state index contributed by atoms with van der Waals surface area (Å²) in [4.78, 5) is 19.4. The third-order valence-electron chi connectivity index (χ3n) is 5.45. The molecule has 0 radical (unpaired) electrons. The van der Waals surface area contributed by atoms with Gasteiger partial charge in [0.25, 0.3) is 0 Å². The number of aliphatic hydroxyl groups excluding tert-OH is 2. The molecule has 1 saturated heterocycles. The summed E-state index contributed by atoms with van der Waals surface area (Å²) in [6.45, 7) is 3.89. The molecule has 2 heterocycles. The highest BCUT2D eigenvalue weighted by Crippen LogP contribution is 2.28. The number of rotatable bonds is 8. The number of carbonyl (C=O) groups is 1. The summed E-state index contributed by atoms with van der Waals surface area (Å²) in [6.07, 6.45) is 3.30. The molecule has 1 atom stereocenters. The van der Waals surface area contributed by atoms with Crippen molar-refractivity contribution in [1.82, 2.24) is 10.3 Å². The van der Waals surface area contributed by atoms with Crippen LogP contribution in [0.15, 0.2) is 36.5 Å². The second-order valence-corrected chi connectivity index (χ2v) is 8.00. The Hall–Kier alpha value is -2.35. The minimum atomic E-state index is -0.461. The van der Waals surface area contributed by atoms with E-state index < -0.39 is 6.04 Å². The smallest absolute Gasteiger partial charge is 0.223 e. The van der Waals surface area contributed by atoms with Gasteiger partial charge in [-0.1, -0.05) is 23.7 Å². The Kier molecular flexibility index (Phi) is 7.90. The van der Waals surface area contributed by atoms with E-state index in [4.69, 9.17) is 16.7 Å². The summed E-state index contributed by atoms with van der Waals surface area (Å²) in [7, 11) is 0. The van der Waals surface area contributed by atoms with Crippen molar-refractivity contribution in [1.29, 1.82) is 0 Å². The van der Waals surface area contributed by atoms with Crippen LogP contribution in [0.3, 0.4) is 0 Å². The van der Waals surface area contributed by atoms with Crippen LogP contribution >= 0.6 is 11.6 Å². The standard InChI is InChI=1S/C22H29ClN4O3/c1-15-13-25-21(24-7-10-28)12-20(15)27-8-5-16(6-9-27)22(30)26-19(14-29)17-3-2-4-18(23)11-17/h2-4,11-13,16,19,28-29H,5-10,14H2,1H3,(H,24,25)(H,26,30)/t19-/m1/s1. The van der Waals surface area contributed by atoms with Crippen LogP contribution in [0.5, 0.6) is 0 Å². The normalized spacial score (nSPS) is 15.7. The third-order valence-corrected chi connectivity index (χ3v) is 5.68. The third kappa shape index (κ3) is 5.62. The molecule has 0 saturated carbocycles. The summed E-state index contributed by atoms with van der Waals surface area (Å²) >= 11 is 6.04. The SMILES string of the molecule is Cc1cnc(NCCO)cc1N1CCC(C(=O)N[C@H](CO)c2cccc(Cl)c2)CC1. The fraction of sp³-hybridized carbons (Fsp3) is 0.455. The largest absolute Gasteiger partial charge is 0.395 e. The fourth-order valence-electron chi connectivity index (χ4n) is 3.76. The van der Waals surface area contributed by atoms with Crippen LogP contribution in [-0.4, -0.2) is 54.0 Å². The van der Waals surface area contributed by atoms with E-state index in [2.05, 4.69) is 20.5 Å². The van der Waals surface area contributed by atoms with Crippen molar-refractivity contribution in [3.8, 4) is 0 Å². The number of aryl methyl sites for hydroxylation is 1. The number of nitrogens with one attached hydrogen (secondary N) is 2. The molecule has 2 aromatic rings. The predicted octanol–water partition coefficient (Wildman–Crippen LogP) is 2.51. The molecule has 8 heteroatoms. The second-order valence-electron chi connectivity index (χ2n) is 7.57. The van der Waals surface area contributed by atoms with Crippen molar-refractivity contribution in [2.75, 3.05) is 43.1 Å². The minimum Gasteiger partial charge on any atom is -0.395 e. The molecule has 1 aromatic heterocycles. The van der Waals surface area contributed by atoms with Crippen LogP contribution in [0.4, 0.5) is 11.5 Å². The van der Waals surface area contributed by atoms with Gasteiger partial charge in [0.15, 0.2) is 0 Å². The van der Waals surface area contributed by atoms with E-state index in [-0.39, 0.29) is 25.0 Å². The van der Waals surface area contributed by atoms with Gasteiger partial charge in [0.2, 0.25) is 5.91 Å². The number of anilines is 2. The summed E-state index contributed by atoms with van der Waals surface area (Å²) in [5.41, 5.74) is 2.97. The molecule has 1 aliphatic heterocycles. The van der Waals surface area contributed by atoms with E-state index in [1.54, 1.807) is 12.1 Å². The van der Waals surface area contributed by atoms with Crippen LogP contribution in [-0.2, 0) is 4.79 Å². The average Bonchev–Trinajstić information content (AvgIpc) is 2.77. The first kappa shape index (κ1) is 22.3. The number of nitrogens with zero attached hydrogens (tertiary/aromatic N) is 2. The molecular weight excluding hydrogens is 404 g/mol. The van der Waals surface area contributed by atoms with E-state index in [0.717, 1.165) is 48.6 Å². The lowest BCUT2D eigenvalue weighted by Crippen LogP contribution is -2.42. The van der Waals surface area contributed by atoms with E-state index in [1.807, 2.05) is 31.3 Å². The van der Waals surface area contributed by atoms with Crippen molar-refractivity contribution in [3.05, 3.63) is 52.7 Å². The molecule has 4 N–H and O–H groups in total. The molecule has 1 amide bonds. The predicted molar refractivity (Wildman–Crippen MR) is 119 cm³/mol. The highest BCUT2D eigenvalue weighted by molar-refractivity contribution is 6.30. The Bertz CT molecular complexity index is 856. The first-order valence-electron chi connectivity index (χ1n) is 10.2. The van der Waals surface area contributed by atoms with Crippen LogP contribution in [0.2, 0.25) is 5.02 Å². The molecule has 7 nitrogen and oxygen atoms in total. The van der Waals surface area contributed by atoms with Gasteiger partial charge in [-0.25, -0.2) is 4.98 Å². The molecule has 0 unspecified atom stereocenters. The van der Waals surface area contributed by atoms with Crippen LogP contribution in [0.25, 0.3) is 0 Å². The first-order chi connectivity index (χ1) is 14.5. The number of benzene rings is 1. The van der Waals surface area contributed by atoms with Gasteiger partial charge >= 0.3 is 0 Å². The first-order valence-corrected chi connectivity index (χ1v) is 10.6. The fourth-order valence-corrected chi connectivity index (χ4v) is 3.96. The number of pyridine rings is 1. The van der Waals surface area contributed by atoms with Gasteiger partial charge < -0.3 is 25.7 Å². The summed E-state index contributed by atoms with van der Waals surface area (Å²) < 4.78 is 0. The van der Waals surface area contributed by atoms with E-state index in [1.165, 1.54) is 0 Å². The molecule has 0 bridgehead atoms. The zero-order valence-electron chi connectivity index (χ0n) is 17.1. The minimum absolute atomic E-state index is 0.0366. The molecule has 30 heavy (non-hydrogen) atoms. The van der Waals surface area contributed by atoms with Gasteiger partial charge in [0.05, 0.1) is 19.3 Å². The summed E-state index contributed by atoms with van der Waals surface area (Å²) in [5.74, 6) is 0.603. The molecular formula is C22H29ClN4O3. The average molecular weight is 433 g/mol. The molecule has 0 aliphatic carbocycles. The highest BCUT2D eigenvalue weighted by atomic mass is 35.5. The summed E-state index contributed by atoms with van der Waals surface area (Å²) in [6, 6.07) is 8.72. The number of aliphatic hydroxyl groups is 2. The quantitative estimate of drug-likeness (QED) is 0.511. The number of aromatic nitrogens is 1. The zero-order chi connectivity index (χ0) is 21.5. The van der Waals surface area contributed by atoms with Crippen LogP contribution < -0.4 is 15.5 Å². The monoisotopic (exact) mass is 432 g/mol. The van der Waals surface area contributed by atoms with Gasteiger partial charge in [0.1, 0.15) is 5.82 Å². The van der Waals surface area contributed by atoms with E-state index in [9.17, 15) is 9.90 Å². The van der Waals surface area contributed by atoms with Gasteiger partial charge in [0, 0.05) is 48.5 Å². The van der Waals surface area contributed by atoms with Crippen LogP contribution in [0.1, 0.15) is 30.0 Å². The lowest BCUT2D eigenvalue weighted by atomic mass is 9.94. The zero-order valence-corrected chi connectivity index (χ0v) is 17.9. The molecule has 1 aliphatic rings. The number of piperidine rings is 1. The number of carbonyl (C=O) groups excluding carboxylic acids is 1. The maximum absolute atomic E-state index is 12.8. The Morgan fingerprint density at radius 3 is 2.73 bits per heavy atom. The Morgan fingerprint density at radius 2 is 2.07 bits per heavy atom. The van der Waals surface area contributed by atoms with Gasteiger partial charge in [-0.3, -0.25) is 4.79 Å². The maximum Gasteiger partial charge on any atom is 0.223 e. The molecule has 162 valence electrons. The van der Waals surface area contributed by atoms with Gasteiger partial charge in [-0.2, -0.15) is 0 Å². The maximum atomic E-state index is 12.8. The van der Waals surface area contributed by atoms with Crippen molar-refractivity contribution in [2.24, 2.45) is 5.92 Å². The number of halogens is 1. The van der Waals surface area contributed by atoms with E-state index in [0.29, 0.717) is 11.6 Å². The number of hydrogen-bond donors (Lipinski definition) is 4. The van der Waals surface area contributed by atoms with Crippen molar-refractivity contribution >= 4 is 29.0 Å². The number of hydrogen-bond acceptors (Lipinski definition) is 6. The highest BCUT2D eigenvalue weighted by Gasteiger charge is 2.27. The van der Waals surface area contributed by atoms with Crippen LogP contribution in [0, 0.1) is 12.8 Å². The topological polar surface area (TPSA) is 97.7 Å². The van der Waals surface area contributed by atoms with Crippen molar-refractivity contribution in [2.45, 2.75) is 25.8 Å². The Balaban J connectivity index is 1.59. The van der Waals surface area contributed by atoms with Gasteiger partial charge in [-0.05, 0) is 43.0 Å². The lowest BCUT2D eigenvalue weighted by Gasteiger charge is -2.34. The molecule has 3 rings (SSSR count). The van der Waals surface area contributed by atoms with E-state index >= 15 is 0 Å². The summed E-state index contributed by atoms with van der Waals surface area (Å²) in [5, 5.41) is 25.4. The molecule has 1 fully saturated rings. The Morgan fingerprint density at radius 1 is 1.30 bits per heavy atom. The number of amides is 1. The Labute approximate surface area is 182 Å². The van der Waals surface area contributed by atoms with Gasteiger partial charge in [-0.15, -0.1) is 0 Å².